The Hall–Kier alpha value is -2.65. The third-order valence-corrected chi connectivity index (χ3v) is 4.03. The van der Waals surface area contributed by atoms with E-state index < -0.39 is 11.8 Å². The van der Waals surface area contributed by atoms with Gasteiger partial charge in [-0.2, -0.15) is 0 Å². The highest BCUT2D eigenvalue weighted by atomic mass is 79.9. The van der Waals surface area contributed by atoms with E-state index in [9.17, 15) is 14.7 Å². The lowest BCUT2D eigenvalue weighted by Gasteiger charge is -1.98. The van der Waals surface area contributed by atoms with Crippen LogP contribution in [-0.2, 0) is 4.79 Å². The van der Waals surface area contributed by atoms with Gasteiger partial charge in [-0.3, -0.25) is 9.59 Å². The highest BCUT2D eigenvalue weighted by Crippen LogP contribution is 2.40. The van der Waals surface area contributed by atoms with Crippen LogP contribution in [0.25, 0.3) is 10.9 Å². The predicted octanol–water partition coefficient (Wildman–Crippen LogP) is 3.92. The van der Waals surface area contributed by atoms with Crippen LogP contribution in [0.1, 0.15) is 10.6 Å². The van der Waals surface area contributed by atoms with Crippen molar-refractivity contribution in [3.05, 3.63) is 45.8 Å². The average Bonchev–Trinajstić information content (AvgIpc) is 3.19. The lowest BCUT2D eigenvalue weighted by Crippen LogP contribution is -2.28. The Bertz CT molecular complexity index is 981. The van der Waals surface area contributed by atoms with Gasteiger partial charge in [-0.1, -0.05) is 11.6 Å². The maximum absolute atomic E-state index is 11.8. The molecule has 3 rings (SSSR count). The predicted molar refractivity (Wildman–Crippen MR) is 93.2 cm³/mol. The summed E-state index contributed by atoms with van der Waals surface area (Å²) in [6.07, 6.45) is 1.35. The fourth-order valence-electron chi connectivity index (χ4n) is 2.09. The minimum atomic E-state index is -0.699. The van der Waals surface area contributed by atoms with Gasteiger partial charge in [0.15, 0.2) is 11.4 Å². The van der Waals surface area contributed by atoms with E-state index in [1.807, 2.05) is 0 Å². The normalized spacial score (nSPS) is 11.3. The first-order valence-corrected chi connectivity index (χ1v) is 8.08. The molecule has 0 unspecified atom stereocenters. The Kier molecular flexibility index (Phi) is 4.86. The molecule has 3 N–H and O–H groups in total. The molecule has 2 amide bonds. The largest absolute Gasteiger partial charge is 0.493 e. The Labute approximate surface area is 154 Å². The van der Waals surface area contributed by atoms with Gasteiger partial charge >= 0.3 is 0 Å². The Morgan fingerprint density at radius 3 is 2.92 bits per heavy atom. The third-order valence-electron chi connectivity index (χ3n) is 3.18. The molecule has 0 aliphatic carbocycles. The molecule has 0 aliphatic rings. The maximum atomic E-state index is 11.8. The van der Waals surface area contributed by atoms with Crippen molar-refractivity contribution in [2.24, 2.45) is 10.2 Å². The van der Waals surface area contributed by atoms with Gasteiger partial charge in [0.2, 0.25) is 5.88 Å². The number of aromatic amines is 1. The molecular formula is C15H10BrClN4O4. The molecule has 25 heavy (non-hydrogen) atoms. The van der Waals surface area contributed by atoms with Gasteiger partial charge in [-0.25, -0.2) is 0 Å². The van der Waals surface area contributed by atoms with E-state index in [0.717, 1.165) is 0 Å². The number of nitrogens with one attached hydrogen (secondary N) is 2. The number of nitrogens with zero attached hydrogens (tertiary/aromatic N) is 2. The number of aromatic hydroxyl groups is 1. The quantitative estimate of drug-likeness (QED) is 0.549. The number of rotatable bonds is 4. The van der Waals surface area contributed by atoms with Crippen LogP contribution in [-0.4, -0.2) is 28.4 Å². The summed E-state index contributed by atoms with van der Waals surface area (Å²) in [5.74, 6) is -1.42. The summed E-state index contributed by atoms with van der Waals surface area (Å²) in [7, 11) is 0. The molecular weight excluding hydrogens is 416 g/mol. The fourth-order valence-corrected chi connectivity index (χ4v) is 3.00. The summed E-state index contributed by atoms with van der Waals surface area (Å²) in [6.45, 7) is -0.364. The van der Waals surface area contributed by atoms with Gasteiger partial charge in [-0.05, 0) is 40.2 Å². The van der Waals surface area contributed by atoms with Crippen molar-refractivity contribution >= 4 is 55.9 Å². The number of halogens is 2. The fraction of sp³-hybridized carbons (Fsp3) is 0.0667. The van der Waals surface area contributed by atoms with Gasteiger partial charge in [-0.15, -0.1) is 10.2 Å². The van der Waals surface area contributed by atoms with Gasteiger partial charge in [0.05, 0.1) is 11.8 Å². The van der Waals surface area contributed by atoms with E-state index in [1.165, 1.54) is 12.3 Å². The van der Waals surface area contributed by atoms with Crippen molar-refractivity contribution < 1.29 is 19.1 Å². The summed E-state index contributed by atoms with van der Waals surface area (Å²) < 4.78 is 5.53. The topological polar surface area (TPSA) is 120 Å². The van der Waals surface area contributed by atoms with Crippen molar-refractivity contribution in [2.75, 3.05) is 6.54 Å². The van der Waals surface area contributed by atoms with E-state index in [-0.39, 0.29) is 23.9 Å². The molecule has 0 aliphatic heterocycles. The van der Waals surface area contributed by atoms with Crippen LogP contribution in [0.4, 0.5) is 5.69 Å². The third kappa shape index (κ3) is 3.72. The number of hydrogen-bond donors (Lipinski definition) is 3. The standard InChI is InChI=1S/C15H10BrClN4O4/c16-9-5-7(17)4-8-12(9)19-15(24)13(8)21-20-11(22)6-18-14(23)10-2-1-3-25-10/h1-5,19,24H,6H2,(H,18,23). The second-order valence-electron chi connectivity index (χ2n) is 4.89. The average molecular weight is 426 g/mol. The summed E-state index contributed by atoms with van der Waals surface area (Å²) in [5, 5.41) is 20.5. The number of amides is 2. The van der Waals surface area contributed by atoms with Crippen molar-refractivity contribution in [1.29, 1.82) is 0 Å². The van der Waals surface area contributed by atoms with Gasteiger partial charge in [0, 0.05) is 14.9 Å². The number of carbonyl (C=O) groups is 2. The molecule has 0 fully saturated rings. The number of azo groups is 1. The van der Waals surface area contributed by atoms with Crippen LogP contribution in [0.5, 0.6) is 5.88 Å². The van der Waals surface area contributed by atoms with Crippen molar-refractivity contribution in [3.8, 4) is 5.88 Å². The highest BCUT2D eigenvalue weighted by molar-refractivity contribution is 9.10. The second-order valence-corrected chi connectivity index (χ2v) is 6.18. The van der Waals surface area contributed by atoms with Crippen molar-refractivity contribution in [2.45, 2.75) is 0 Å². The zero-order chi connectivity index (χ0) is 18.0. The van der Waals surface area contributed by atoms with Gasteiger partial charge < -0.3 is 19.8 Å². The Morgan fingerprint density at radius 1 is 1.40 bits per heavy atom. The van der Waals surface area contributed by atoms with Crippen LogP contribution in [0.15, 0.2) is 49.6 Å². The zero-order valence-electron chi connectivity index (χ0n) is 12.4. The molecule has 0 saturated heterocycles. The summed E-state index contributed by atoms with van der Waals surface area (Å²) in [6, 6.07) is 6.25. The van der Waals surface area contributed by atoms with E-state index >= 15 is 0 Å². The summed E-state index contributed by atoms with van der Waals surface area (Å²) >= 11 is 9.29. The number of aromatic nitrogens is 1. The molecule has 8 nitrogen and oxygen atoms in total. The molecule has 128 valence electrons. The number of carbonyl (C=O) groups excluding carboxylic acids is 2. The minimum absolute atomic E-state index is 0.0731. The molecule has 2 aromatic heterocycles. The lowest BCUT2D eigenvalue weighted by molar-refractivity contribution is -0.117. The number of hydrogen-bond acceptors (Lipinski definition) is 5. The van der Waals surface area contributed by atoms with Crippen LogP contribution < -0.4 is 5.32 Å². The molecule has 10 heteroatoms. The van der Waals surface area contributed by atoms with E-state index in [0.29, 0.717) is 20.4 Å². The lowest BCUT2D eigenvalue weighted by atomic mass is 10.2. The molecule has 0 saturated carbocycles. The molecule has 3 aromatic rings. The van der Waals surface area contributed by atoms with Crippen molar-refractivity contribution in [3.63, 3.8) is 0 Å². The Balaban J connectivity index is 1.73. The van der Waals surface area contributed by atoms with E-state index in [2.05, 4.69) is 36.5 Å². The number of benzene rings is 1. The van der Waals surface area contributed by atoms with E-state index in [1.54, 1.807) is 18.2 Å². The second kappa shape index (κ2) is 7.08. The van der Waals surface area contributed by atoms with Gasteiger partial charge in [0.1, 0.15) is 6.54 Å². The molecule has 0 spiro atoms. The van der Waals surface area contributed by atoms with Crippen LogP contribution in [0.3, 0.4) is 0 Å². The zero-order valence-corrected chi connectivity index (χ0v) is 14.8. The smallest absolute Gasteiger partial charge is 0.287 e. The summed E-state index contributed by atoms with van der Waals surface area (Å²) in [4.78, 5) is 26.1. The molecule has 2 heterocycles. The van der Waals surface area contributed by atoms with Gasteiger partial charge in [0.25, 0.3) is 11.8 Å². The first kappa shape index (κ1) is 17.2. The van der Waals surface area contributed by atoms with Crippen molar-refractivity contribution in [1.82, 2.24) is 10.3 Å². The highest BCUT2D eigenvalue weighted by Gasteiger charge is 2.15. The minimum Gasteiger partial charge on any atom is -0.493 e. The van der Waals surface area contributed by atoms with Crippen LogP contribution in [0, 0.1) is 0 Å². The summed E-state index contributed by atoms with van der Waals surface area (Å²) in [5.41, 5.74) is 0.637. The number of fused-ring (bicyclic) bond motifs is 1. The molecule has 0 bridgehead atoms. The number of furan rings is 1. The molecule has 0 atom stereocenters. The first-order valence-electron chi connectivity index (χ1n) is 6.91. The monoisotopic (exact) mass is 424 g/mol. The first-order chi connectivity index (χ1) is 12.0. The number of H-pyrrole nitrogens is 1. The molecule has 1 aromatic carbocycles. The van der Waals surface area contributed by atoms with Crippen LogP contribution >= 0.6 is 27.5 Å². The Morgan fingerprint density at radius 2 is 2.20 bits per heavy atom. The van der Waals surface area contributed by atoms with Crippen LogP contribution in [0.2, 0.25) is 5.02 Å². The van der Waals surface area contributed by atoms with E-state index in [4.69, 9.17) is 16.0 Å². The molecule has 0 radical (unpaired) electrons. The SMILES string of the molecule is O=C(CNC(=O)c1ccco1)N=Nc1c(O)[nH]c2c(Br)cc(Cl)cc12. The maximum Gasteiger partial charge on any atom is 0.287 e.